The van der Waals surface area contributed by atoms with Gasteiger partial charge >= 0.3 is 0 Å². The second kappa shape index (κ2) is 7.86. The van der Waals surface area contributed by atoms with Gasteiger partial charge in [-0.25, -0.2) is 8.78 Å². The zero-order chi connectivity index (χ0) is 20.4. The summed E-state index contributed by atoms with van der Waals surface area (Å²) in [4.78, 5) is 6.46. The molecule has 1 N–H and O–H groups in total. The third-order valence-electron chi connectivity index (χ3n) is 4.74. The first-order chi connectivity index (χ1) is 14.1. The monoisotopic (exact) mass is 399 g/mol. The Hall–Kier alpha value is -3.49. The lowest BCUT2D eigenvalue weighted by Gasteiger charge is -2.29. The minimum Gasteiger partial charge on any atom is -0.493 e. The van der Waals surface area contributed by atoms with Crippen LogP contribution in [-0.2, 0) is 13.0 Å². The van der Waals surface area contributed by atoms with Gasteiger partial charge in [0.15, 0.2) is 29.0 Å². The van der Waals surface area contributed by atoms with Crippen LogP contribution >= 0.6 is 0 Å². The molecule has 9 heteroatoms. The van der Waals surface area contributed by atoms with Crippen molar-refractivity contribution in [1.29, 1.82) is 0 Å². The predicted molar refractivity (Wildman–Crippen MR) is 104 cm³/mol. The highest BCUT2D eigenvalue weighted by Crippen LogP contribution is 2.34. The highest BCUT2D eigenvalue weighted by Gasteiger charge is 2.21. The number of anilines is 3. The van der Waals surface area contributed by atoms with Crippen LogP contribution in [0.1, 0.15) is 11.1 Å². The maximum absolute atomic E-state index is 13.4. The number of aromatic nitrogens is 3. The Bertz CT molecular complexity index is 1050. The molecule has 7 nitrogen and oxygen atoms in total. The summed E-state index contributed by atoms with van der Waals surface area (Å²) in [5.41, 5.74) is 2.65. The van der Waals surface area contributed by atoms with Gasteiger partial charge in [-0.1, -0.05) is 0 Å². The molecule has 0 unspecified atom stereocenters. The molecule has 150 valence electrons. The number of ether oxygens (including phenoxy) is 2. The van der Waals surface area contributed by atoms with Gasteiger partial charge in [0.25, 0.3) is 0 Å². The Labute approximate surface area is 166 Å². The van der Waals surface area contributed by atoms with Crippen molar-refractivity contribution in [3.05, 3.63) is 59.3 Å². The molecule has 1 aromatic heterocycles. The zero-order valence-corrected chi connectivity index (χ0v) is 15.9. The first kappa shape index (κ1) is 18.9. The summed E-state index contributed by atoms with van der Waals surface area (Å²) < 4.78 is 37.3. The molecular formula is C20H19F2N5O2. The van der Waals surface area contributed by atoms with E-state index in [0.717, 1.165) is 24.1 Å². The second-order valence-electron chi connectivity index (χ2n) is 6.54. The van der Waals surface area contributed by atoms with Crippen LogP contribution in [0.4, 0.5) is 26.2 Å². The fraction of sp³-hybridized carbons (Fsp3) is 0.250. The summed E-state index contributed by atoms with van der Waals surface area (Å²) in [6, 6.07) is 7.49. The minimum atomic E-state index is -0.936. The smallest absolute Gasteiger partial charge is 0.247 e. The summed E-state index contributed by atoms with van der Waals surface area (Å²) in [6.07, 6.45) is 2.22. The quantitative estimate of drug-likeness (QED) is 0.704. The lowest BCUT2D eigenvalue weighted by Crippen LogP contribution is -2.32. The Morgan fingerprint density at radius 2 is 1.76 bits per heavy atom. The average Bonchev–Trinajstić information content (AvgIpc) is 2.75. The SMILES string of the molecule is COc1cc2c(cc1OC)CN(c1nncc(Nc3ccc(F)c(F)c3)n1)CC2. The molecule has 0 saturated carbocycles. The van der Waals surface area contributed by atoms with Crippen molar-refractivity contribution in [3.8, 4) is 11.5 Å². The standard InChI is InChI=1S/C20H19F2N5O2/c1-28-17-7-12-5-6-27(11-13(12)8-18(17)29-2)20-25-19(10-23-26-20)24-14-3-4-15(21)16(22)9-14/h3-4,7-10H,5-6,11H2,1-2H3,(H,24,25,26). The largest absolute Gasteiger partial charge is 0.493 e. The van der Waals surface area contributed by atoms with E-state index in [2.05, 4.69) is 20.5 Å². The van der Waals surface area contributed by atoms with E-state index < -0.39 is 11.6 Å². The molecule has 0 bridgehead atoms. The maximum Gasteiger partial charge on any atom is 0.247 e. The molecule has 2 heterocycles. The lowest BCUT2D eigenvalue weighted by molar-refractivity contribution is 0.353. The van der Waals surface area contributed by atoms with Gasteiger partial charge in [-0.15, -0.1) is 5.10 Å². The summed E-state index contributed by atoms with van der Waals surface area (Å²) in [6.45, 7) is 1.30. The van der Waals surface area contributed by atoms with Crippen molar-refractivity contribution in [2.45, 2.75) is 13.0 Å². The number of methoxy groups -OCH3 is 2. The number of nitrogens with one attached hydrogen (secondary N) is 1. The molecule has 2 aromatic carbocycles. The van der Waals surface area contributed by atoms with Gasteiger partial charge in [0.1, 0.15) is 0 Å². The van der Waals surface area contributed by atoms with E-state index in [1.807, 2.05) is 17.0 Å². The van der Waals surface area contributed by atoms with Crippen LogP contribution in [0, 0.1) is 11.6 Å². The van der Waals surface area contributed by atoms with E-state index >= 15 is 0 Å². The van der Waals surface area contributed by atoms with E-state index in [4.69, 9.17) is 9.47 Å². The van der Waals surface area contributed by atoms with Crippen LogP contribution in [0.5, 0.6) is 11.5 Å². The second-order valence-corrected chi connectivity index (χ2v) is 6.54. The lowest BCUT2D eigenvalue weighted by atomic mass is 9.99. The number of nitrogens with zero attached hydrogens (tertiary/aromatic N) is 4. The Balaban J connectivity index is 1.55. The van der Waals surface area contributed by atoms with Crippen LogP contribution in [0.25, 0.3) is 0 Å². The Morgan fingerprint density at radius 1 is 1.00 bits per heavy atom. The molecule has 1 aliphatic heterocycles. The van der Waals surface area contributed by atoms with Crippen molar-refractivity contribution >= 4 is 17.5 Å². The fourth-order valence-electron chi connectivity index (χ4n) is 3.26. The maximum atomic E-state index is 13.4. The van der Waals surface area contributed by atoms with Crippen molar-refractivity contribution in [3.63, 3.8) is 0 Å². The molecule has 0 aliphatic carbocycles. The Morgan fingerprint density at radius 3 is 2.48 bits per heavy atom. The van der Waals surface area contributed by atoms with Crippen LogP contribution in [0.3, 0.4) is 0 Å². The van der Waals surface area contributed by atoms with Gasteiger partial charge in [-0.3, -0.25) is 0 Å². The molecule has 1 aliphatic rings. The summed E-state index contributed by atoms with van der Waals surface area (Å²) >= 11 is 0. The third-order valence-corrected chi connectivity index (χ3v) is 4.74. The molecule has 0 fully saturated rings. The van der Waals surface area contributed by atoms with Crippen LogP contribution in [-0.4, -0.2) is 35.9 Å². The van der Waals surface area contributed by atoms with Crippen molar-refractivity contribution in [2.24, 2.45) is 0 Å². The molecule has 0 atom stereocenters. The first-order valence-corrected chi connectivity index (χ1v) is 8.98. The summed E-state index contributed by atoms with van der Waals surface area (Å²) in [5, 5.41) is 11.0. The van der Waals surface area contributed by atoms with Gasteiger partial charge in [0, 0.05) is 24.8 Å². The molecule has 29 heavy (non-hydrogen) atoms. The van der Waals surface area contributed by atoms with Gasteiger partial charge in [-0.05, 0) is 41.8 Å². The van der Waals surface area contributed by atoms with E-state index in [9.17, 15) is 8.78 Å². The summed E-state index contributed by atoms with van der Waals surface area (Å²) in [7, 11) is 3.22. The van der Waals surface area contributed by atoms with E-state index in [0.29, 0.717) is 42.0 Å². The number of hydrogen-bond donors (Lipinski definition) is 1. The van der Waals surface area contributed by atoms with Crippen LogP contribution in [0.15, 0.2) is 36.5 Å². The third kappa shape index (κ3) is 3.89. The number of rotatable bonds is 5. The van der Waals surface area contributed by atoms with E-state index in [-0.39, 0.29) is 0 Å². The predicted octanol–water partition coefficient (Wildman–Crippen LogP) is 3.47. The number of hydrogen-bond acceptors (Lipinski definition) is 7. The Kier molecular flexibility index (Phi) is 5.11. The van der Waals surface area contributed by atoms with E-state index in [1.54, 1.807) is 14.2 Å². The topological polar surface area (TPSA) is 72.4 Å². The van der Waals surface area contributed by atoms with Crippen LogP contribution < -0.4 is 19.7 Å². The van der Waals surface area contributed by atoms with Crippen molar-refractivity contribution < 1.29 is 18.3 Å². The average molecular weight is 399 g/mol. The molecule has 0 radical (unpaired) electrons. The van der Waals surface area contributed by atoms with Gasteiger partial charge in [-0.2, -0.15) is 10.1 Å². The number of halogens is 2. The van der Waals surface area contributed by atoms with Gasteiger partial charge in [0.2, 0.25) is 5.95 Å². The van der Waals surface area contributed by atoms with E-state index in [1.165, 1.54) is 17.8 Å². The van der Waals surface area contributed by atoms with Crippen LogP contribution in [0.2, 0.25) is 0 Å². The minimum absolute atomic E-state index is 0.371. The summed E-state index contributed by atoms with van der Waals surface area (Å²) in [5.74, 6) is 0.360. The molecule has 0 spiro atoms. The molecule has 0 amide bonds. The number of fused-ring (bicyclic) bond motifs is 1. The highest BCUT2D eigenvalue weighted by molar-refractivity contribution is 5.57. The normalized spacial score (nSPS) is 13.0. The number of benzene rings is 2. The van der Waals surface area contributed by atoms with Gasteiger partial charge < -0.3 is 19.7 Å². The molecule has 3 aromatic rings. The van der Waals surface area contributed by atoms with Crippen molar-refractivity contribution in [2.75, 3.05) is 31.0 Å². The van der Waals surface area contributed by atoms with Gasteiger partial charge in [0.05, 0.1) is 20.4 Å². The molecule has 0 saturated heterocycles. The molecule has 4 rings (SSSR count). The first-order valence-electron chi connectivity index (χ1n) is 8.98. The molecular weight excluding hydrogens is 380 g/mol. The van der Waals surface area contributed by atoms with Crippen molar-refractivity contribution in [1.82, 2.24) is 15.2 Å². The highest BCUT2D eigenvalue weighted by atomic mass is 19.2. The zero-order valence-electron chi connectivity index (χ0n) is 15.9. The fourth-order valence-corrected chi connectivity index (χ4v) is 3.26.